The maximum Gasteiger partial charge on any atom is 0.308 e. The number of carbonyl (C=O) groups excluding carboxylic acids is 2. The molecule has 1 amide bonds. The summed E-state index contributed by atoms with van der Waals surface area (Å²) in [6.07, 6.45) is -0.212. The summed E-state index contributed by atoms with van der Waals surface area (Å²) in [6.45, 7) is -0.449. The van der Waals surface area contributed by atoms with E-state index in [1.165, 1.54) is 24.3 Å². The smallest absolute Gasteiger partial charge is 0.308 e. The maximum atomic E-state index is 13.6. The van der Waals surface area contributed by atoms with Crippen LogP contribution in [0.4, 0.5) is 30.8 Å². The second kappa shape index (κ2) is 10.2. The average Bonchev–Trinajstić information content (AvgIpc) is 2.73. The molecule has 32 heavy (non-hydrogen) atoms. The molecular weight excluding hydrogens is 429 g/mol. The van der Waals surface area contributed by atoms with Gasteiger partial charge in [-0.2, -0.15) is 15.0 Å². The number of rotatable bonds is 8. The first-order chi connectivity index (χ1) is 15.3. The van der Waals surface area contributed by atoms with E-state index < -0.39 is 29.3 Å². The second-order valence-electron chi connectivity index (χ2n) is 6.36. The van der Waals surface area contributed by atoms with Crippen LogP contribution < -0.4 is 16.4 Å². The van der Waals surface area contributed by atoms with Gasteiger partial charge in [0.2, 0.25) is 11.9 Å². The highest BCUT2D eigenvalue weighted by atomic mass is 19.1. The van der Waals surface area contributed by atoms with Gasteiger partial charge in [-0.3, -0.25) is 9.59 Å². The fourth-order valence-electron chi connectivity index (χ4n) is 2.48. The molecule has 0 aliphatic carbocycles. The van der Waals surface area contributed by atoms with Crippen LogP contribution in [0.3, 0.4) is 0 Å². The van der Waals surface area contributed by atoms with Crippen molar-refractivity contribution in [1.82, 2.24) is 20.3 Å². The predicted molar refractivity (Wildman–Crippen MR) is 107 cm³/mol. The van der Waals surface area contributed by atoms with E-state index in [-0.39, 0.29) is 42.9 Å². The number of hydrogen-bond donors (Lipinski definition) is 3. The average molecular weight is 446 g/mol. The minimum absolute atomic E-state index is 0.0629. The topological polar surface area (TPSA) is 132 Å². The van der Waals surface area contributed by atoms with Gasteiger partial charge >= 0.3 is 5.97 Å². The molecule has 0 atom stereocenters. The third-order valence-electron chi connectivity index (χ3n) is 3.95. The molecule has 3 aromatic rings. The molecule has 12 heteroatoms. The van der Waals surface area contributed by atoms with Gasteiger partial charge in [0.1, 0.15) is 17.5 Å². The number of anilines is 3. The van der Waals surface area contributed by atoms with Gasteiger partial charge in [0.05, 0.1) is 12.0 Å². The molecule has 0 fully saturated rings. The first-order valence-electron chi connectivity index (χ1n) is 9.22. The normalized spacial score (nSPS) is 10.5. The Morgan fingerprint density at radius 3 is 2.41 bits per heavy atom. The summed E-state index contributed by atoms with van der Waals surface area (Å²) in [4.78, 5) is 35.6. The van der Waals surface area contributed by atoms with Crippen LogP contribution in [0.5, 0.6) is 0 Å². The van der Waals surface area contributed by atoms with Crippen LogP contribution in [0.15, 0.2) is 42.5 Å². The first kappa shape index (κ1) is 22.5. The molecule has 2 aromatic carbocycles. The lowest BCUT2D eigenvalue weighted by Gasteiger charge is -2.09. The number of nitrogens with two attached hydrogens (primary N) is 1. The van der Waals surface area contributed by atoms with Gasteiger partial charge in [-0.05, 0) is 36.4 Å². The number of carbonyl (C=O) groups is 2. The quantitative estimate of drug-likeness (QED) is 0.450. The number of esters is 1. The van der Waals surface area contributed by atoms with E-state index in [2.05, 4.69) is 25.6 Å². The molecule has 0 saturated heterocycles. The van der Waals surface area contributed by atoms with Crippen LogP contribution >= 0.6 is 0 Å². The van der Waals surface area contributed by atoms with Gasteiger partial charge in [0.15, 0.2) is 12.4 Å². The predicted octanol–water partition coefficient (Wildman–Crippen LogP) is 2.48. The molecule has 4 N–H and O–H groups in total. The fourth-order valence-corrected chi connectivity index (χ4v) is 2.48. The van der Waals surface area contributed by atoms with Crippen LogP contribution in [-0.2, 0) is 16.1 Å². The molecule has 0 bridgehead atoms. The highest BCUT2D eigenvalue weighted by Gasteiger charge is 2.13. The standard InChI is InChI=1S/C20H17F3N6O3/c21-11-1-4-13(5-2-11)26-20-28-16(27-19(24)29-20)10-32-17(30)7-8-25-18(31)14-6-3-12(22)9-15(14)23/h1-6,9H,7-8,10H2,(H,25,31)(H3,24,26,27,28,29). The van der Waals surface area contributed by atoms with Crippen molar-refractivity contribution in [3.05, 3.63) is 71.3 Å². The Labute approximate surface area is 179 Å². The Hall–Kier alpha value is -4.22. The fraction of sp³-hybridized carbons (Fsp3) is 0.150. The van der Waals surface area contributed by atoms with Gasteiger partial charge in [-0.15, -0.1) is 0 Å². The summed E-state index contributed by atoms with van der Waals surface area (Å²) in [5.41, 5.74) is 5.79. The molecule has 3 rings (SSSR count). The summed E-state index contributed by atoms with van der Waals surface area (Å²) in [7, 11) is 0. The van der Waals surface area contributed by atoms with Crippen LogP contribution in [0.1, 0.15) is 22.6 Å². The van der Waals surface area contributed by atoms with Crippen molar-refractivity contribution in [2.45, 2.75) is 13.0 Å². The van der Waals surface area contributed by atoms with E-state index in [0.29, 0.717) is 11.8 Å². The maximum absolute atomic E-state index is 13.6. The molecule has 0 spiro atoms. The minimum atomic E-state index is -1.01. The van der Waals surface area contributed by atoms with Gasteiger partial charge in [-0.25, -0.2) is 13.2 Å². The first-order valence-corrected chi connectivity index (χ1v) is 9.22. The van der Waals surface area contributed by atoms with Crippen LogP contribution in [-0.4, -0.2) is 33.4 Å². The van der Waals surface area contributed by atoms with Gasteiger partial charge in [0.25, 0.3) is 5.91 Å². The van der Waals surface area contributed by atoms with E-state index in [9.17, 15) is 22.8 Å². The lowest BCUT2D eigenvalue weighted by atomic mass is 10.2. The third-order valence-corrected chi connectivity index (χ3v) is 3.95. The number of benzene rings is 2. The highest BCUT2D eigenvalue weighted by Crippen LogP contribution is 2.14. The van der Waals surface area contributed by atoms with E-state index >= 15 is 0 Å². The van der Waals surface area contributed by atoms with Crippen molar-refractivity contribution >= 4 is 29.5 Å². The Bertz CT molecular complexity index is 1130. The number of nitrogens with one attached hydrogen (secondary N) is 2. The zero-order valence-electron chi connectivity index (χ0n) is 16.4. The highest BCUT2D eigenvalue weighted by molar-refractivity contribution is 5.94. The zero-order chi connectivity index (χ0) is 23.1. The summed E-state index contributed by atoms with van der Waals surface area (Å²) >= 11 is 0. The molecule has 9 nitrogen and oxygen atoms in total. The molecule has 1 aromatic heterocycles. The lowest BCUT2D eigenvalue weighted by Crippen LogP contribution is -2.27. The number of amides is 1. The molecule has 166 valence electrons. The number of halogens is 3. The number of aromatic nitrogens is 3. The van der Waals surface area contributed by atoms with Gasteiger partial charge < -0.3 is 21.1 Å². The van der Waals surface area contributed by atoms with Crippen LogP contribution in [0, 0.1) is 17.5 Å². The summed E-state index contributed by atoms with van der Waals surface area (Å²) in [6, 6.07) is 7.98. The summed E-state index contributed by atoms with van der Waals surface area (Å²) in [5.74, 6) is -3.69. The SMILES string of the molecule is Nc1nc(COC(=O)CCNC(=O)c2ccc(F)cc2F)nc(Nc2ccc(F)cc2)n1. The lowest BCUT2D eigenvalue weighted by molar-refractivity contribution is -0.145. The van der Waals surface area contributed by atoms with E-state index in [4.69, 9.17) is 10.5 Å². The molecule has 0 aliphatic heterocycles. The number of ether oxygens (including phenoxy) is 1. The Morgan fingerprint density at radius 1 is 0.969 bits per heavy atom. The van der Waals surface area contributed by atoms with Crippen molar-refractivity contribution in [3.63, 3.8) is 0 Å². The van der Waals surface area contributed by atoms with E-state index in [1.54, 1.807) is 0 Å². The van der Waals surface area contributed by atoms with Crippen LogP contribution in [0.2, 0.25) is 0 Å². The van der Waals surface area contributed by atoms with Crippen molar-refractivity contribution in [3.8, 4) is 0 Å². The molecule has 0 unspecified atom stereocenters. The van der Waals surface area contributed by atoms with Gasteiger partial charge in [-0.1, -0.05) is 0 Å². The summed E-state index contributed by atoms with van der Waals surface area (Å²) in [5, 5.41) is 5.16. The van der Waals surface area contributed by atoms with Crippen molar-refractivity contribution < 1.29 is 27.5 Å². The minimum Gasteiger partial charge on any atom is -0.457 e. The van der Waals surface area contributed by atoms with Crippen molar-refractivity contribution in [2.24, 2.45) is 0 Å². The molecule has 1 heterocycles. The van der Waals surface area contributed by atoms with E-state index in [0.717, 1.165) is 12.1 Å². The molecule has 0 saturated carbocycles. The van der Waals surface area contributed by atoms with Crippen LogP contribution in [0.25, 0.3) is 0 Å². The molecule has 0 radical (unpaired) electrons. The molecular formula is C20H17F3N6O3. The number of hydrogen-bond acceptors (Lipinski definition) is 8. The zero-order valence-corrected chi connectivity index (χ0v) is 16.4. The Balaban J connectivity index is 1.48. The largest absolute Gasteiger partial charge is 0.457 e. The van der Waals surface area contributed by atoms with Crippen molar-refractivity contribution in [1.29, 1.82) is 0 Å². The third kappa shape index (κ3) is 6.39. The number of nitrogens with zero attached hydrogens (tertiary/aromatic N) is 3. The summed E-state index contributed by atoms with van der Waals surface area (Å²) < 4.78 is 44.5. The molecule has 0 aliphatic rings. The Morgan fingerprint density at radius 2 is 1.69 bits per heavy atom. The Kier molecular flexibility index (Phi) is 7.16. The second-order valence-corrected chi connectivity index (χ2v) is 6.36. The van der Waals surface area contributed by atoms with E-state index in [1.807, 2.05) is 0 Å². The number of nitrogen functional groups attached to an aromatic ring is 1. The van der Waals surface area contributed by atoms with Crippen molar-refractivity contribution in [2.75, 3.05) is 17.6 Å². The monoisotopic (exact) mass is 446 g/mol. The van der Waals surface area contributed by atoms with Gasteiger partial charge in [0, 0.05) is 18.3 Å².